The number of hydrogen-bond acceptors (Lipinski definition) is 4. The third kappa shape index (κ3) is 3.08. The number of anilines is 1. The summed E-state index contributed by atoms with van der Waals surface area (Å²) in [5.41, 5.74) is 0.765. The first-order valence-electron chi connectivity index (χ1n) is 6.00. The van der Waals surface area contributed by atoms with E-state index in [0.29, 0.717) is 28.6 Å². The van der Waals surface area contributed by atoms with Crippen molar-refractivity contribution < 1.29 is 14.3 Å². The predicted molar refractivity (Wildman–Crippen MR) is 76.1 cm³/mol. The van der Waals surface area contributed by atoms with Crippen molar-refractivity contribution in [3.05, 3.63) is 23.2 Å². The van der Waals surface area contributed by atoms with Crippen molar-refractivity contribution in [2.45, 2.75) is 12.8 Å². The lowest BCUT2D eigenvalue weighted by atomic mass is 10.1. The minimum absolute atomic E-state index is 0.109. The second kappa shape index (κ2) is 5.92. The minimum atomic E-state index is -0.370. The summed E-state index contributed by atoms with van der Waals surface area (Å²) in [6.45, 7) is 0. The zero-order chi connectivity index (χ0) is 14.7. The normalized spacial score (nSPS) is 14.8. The van der Waals surface area contributed by atoms with Crippen LogP contribution >= 0.6 is 11.6 Å². The largest absolute Gasteiger partial charge is 0.495 e. The highest BCUT2D eigenvalue weighted by atomic mass is 35.5. The first kappa shape index (κ1) is 14.3. The van der Waals surface area contributed by atoms with Crippen LogP contribution in [-0.4, -0.2) is 36.7 Å². The fourth-order valence-corrected chi connectivity index (χ4v) is 1.98. The Morgan fingerprint density at radius 1 is 1.45 bits per heavy atom. The number of carbonyl (C=O) groups is 2. The highest BCUT2D eigenvalue weighted by Gasteiger charge is 2.22. The summed E-state index contributed by atoms with van der Waals surface area (Å²) in [7, 11) is 3.03. The Kier molecular flexibility index (Phi) is 4.24. The Balaban J connectivity index is 2.18. The van der Waals surface area contributed by atoms with Gasteiger partial charge in [0.2, 0.25) is 5.91 Å². The first-order valence-corrected chi connectivity index (χ1v) is 6.38. The van der Waals surface area contributed by atoms with E-state index in [2.05, 4.69) is 10.4 Å². The molecule has 0 aliphatic carbocycles. The van der Waals surface area contributed by atoms with Gasteiger partial charge in [0.25, 0.3) is 5.91 Å². The first-order chi connectivity index (χ1) is 9.51. The minimum Gasteiger partial charge on any atom is -0.495 e. The summed E-state index contributed by atoms with van der Waals surface area (Å²) in [6.07, 6.45) is 0.591. The fourth-order valence-electron chi connectivity index (χ4n) is 1.81. The molecule has 20 heavy (non-hydrogen) atoms. The van der Waals surface area contributed by atoms with E-state index in [1.807, 2.05) is 0 Å². The van der Waals surface area contributed by atoms with Crippen molar-refractivity contribution in [2.75, 3.05) is 19.5 Å². The standard InChI is InChI=1S/C13H14ClN3O3/c1-17-12(18)6-4-9(16-17)13(19)15-10-7-8(14)3-5-11(10)20-2/h3,5,7H,4,6H2,1-2H3,(H,15,19). The van der Waals surface area contributed by atoms with E-state index in [4.69, 9.17) is 16.3 Å². The number of hydrazone groups is 1. The van der Waals surface area contributed by atoms with Crippen LogP contribution in [0.4, 0.5) is 5.69 Å². The molecule has 6 nitrogen and oxygen atoms in total. The molecule has 0 unspecified atom stereocenters. The summed E-state index contributed by atoms with van der Waals surface area (Å²) in [4.78, 5) is 23.4. The smallest absolute Gasteiger partial charge is 0.271 e. The molecule has 1 aliphatic rings. The van der Waals surface area contributed by atoms with E-state index >= 15 is 0 Å². The zero-order valence-electron chi connectivity index (χ0n) is 11.1. The summed E-state index contributed by atoms with van der Waals surface area (Å²) in [5, 5.41) is 8.30. The van der Waals surface area contributed by atoms with E-state index < -0.39 is 0 Å². The van der Waals surface area contributed by atoms with Gasteiger partial charge in [-0.15, -0.1) is 0 Å². The van der Waals surface area contributed by atoms with Crippen LogP contribution in [0.1, 0.15) is 12.8 Å². The average Bonchev–Trinajstić information content (AvgIpc) is 2.42. The number of benzene rings is 1. The summed E-state index contributed by atoms with van der Waals surface area (Å²) in [5.74, 6) is 0.0235. The monoisotopic (exact) mass is 295 g/mol. The maximum absolute atomic E-state index is 12.1. The summed E-state index contributed by atoms with van der Waals surface area (Å²) < 4.78 is 5.15. The summed E-state index contributed by atoms with van der Waals surface area (Å²) >= 11 is 5.90. The molecule has 1 aromatic carbocycles. The molecule has 0 bridgehead atoms. The number of rotatable bonds is 3. The Bertz CT molecular complexity index is 586. The number of ether oxygens (including phenoxy) is 1. The molecule has 0 aromatic heterocycles. The molecule has 106 valence electrons. The quantitative estimate of drug-likeness (QED) is 0.926. The van der Waals surface area contributed by atoms with Crippen molar-refractivity contribution in [3.63, 3.8) is 0 Å². The van der Waals surface area contributed by atoms with E-state index in [1.165, 1.54) is 19.2 Å². The van der Waals surface area contributed by atoms with Crippen molar-refractivity contribution in [1.82, 2.24) is 5.01 Å². The van der Waals surface area contributed by atoms with Crippen molar-refractivity contribution >= 4 is 34.8 Å². The van der Waals surface area contributed by atoms with Crippen molar-refractivity contribution in [2.24, 2.45) is 5.10 Å². The fraction of sp³-hybridized carbons (Fsp3) is 0.308. The Morgan fingerprint density at radius 3 is 2.85 bits per heavy atom. The van der Waals surface area contributed by atoms with Crippen LogP contribution in [0.15, 0.2) is 23.3 Å². The molecule has 1 N–H and O–H groups in total. The topological polar surface area (TPSA) is 71.0 Å². The SMILES string of the molecule is COc1ccc(Cl)cc1NC(=O)C1=NN(C)C(=O)CC1. The van der Waals surface area contributed by atoms with Gasteiger partial charge in [0, 0.05) is 24.9 Å². The lowest BCUT2D eigenvalue weighted by Gasteiger charge is -2.19. The average molecular weight is 296 g/mol. The molecule has 0 fully saturated rings. The predicted octanol–water partition coefficient (Wildman–Crippen LogP) is 1.90. The Labute approximate surface area is 121 Å². The Hall–Kier alpha value is -2.08. The highest BCUT2D eigenvalue weighted by Crippen LogP contribution is 2.27. The van der Waals surface area contributed by atoms with Gasteiger partial charge in [-0.25, -0.2) is 5.01 Å². The molecular formula is C13H14ClN3O3. The van der Waals surface area contributed by atoms with E-state index in [1.54, 1.807) is 18.2 Å². The van der Waals surface area contributed by atoms with Gasteiger partial charge in [-0.05, 0) is 18.2 Å². The number of methoxy groups -OCH3 is 1. The molecule has 0 atom stereocenters. The van der Waals surface area contributed by atoms with E-state index in [-0.39, 0.29) is 18.2 Å². The van der Waals surface area contributed by atoms with Crippen LogP contribution in [0.25, 0.3) is 0 Å². The third-order valence-electron chi connectivity index (χ3n) is 2.88. The van der Waals surface area contributed by atoms with Gasteiger partial charge >= 0.3 is 0 Å². The van der Waals surface area contributed by atoms with Gasteiger partial charge in [-0.1, -0.05) is 11.6 Å². The molecule has 0 saturated heterocycles. The molecule has 0 radical (unpaired) electrons. The van der Waals surface area contributed by atoms with Gasteiger partial charge in [-0.3, -0.25) is 9.59 Å². The van der Waals surface area contributed by atoms with Gasteiger partial charge in [-0.2, -0.15) is 5.10 Å². The lowest BCUT2D eigenvalue weighted by molar-refractivity contribution is -0.130. The van der Waals surface area contributed by atoms with E-state index in [0.717, 1.165) is 0 Å². The lowest BCUT2D eigenvalue weighted by Crippen LogP contribution is -2.34. The van der Waals surface area contributed by atoms with Crippen LogP contribution in [0.3, 0.4) is 0 Å². The molecule has 0 spiro atoms. The number of halogens is 1. The van der Waals surface area contributed by atoms with Crippen LogP contribution in [0.2, 0.25) is 5.02 Å². The molecular weight excluding hydrogens is 282 g/mol. The molecule has 1 aromatic rings. The van der Waals surface area contributed by atoms with Crippen molar-refractivity contribution in [1.29, 1.82) is 0 Å². The Morgan fingerprint density at radius 2 is 2.20 bits per heavy atom. The number of nitrogens with one attached hydrogen (secondary N) is 1. The molecule has 0 saturated carbocycles. The van der Waals surface area contributed by atoms with Crippen LogP contribution in [0.5, 0.6) is 5.75 Å². The number of amides is 2. The van der Waals surface area contributed by atoms with Gasteiger partial charge in [0.1, 0.15) is 11.5 Å². The van der Waals surface area contributed by atoms with Crippen LogP contribution < -0.4 is 10.1 Å². The molecule has 2 amide bonds. The van der Waals surface area contributed by atoms with Crippen molar-refractivity contribution in [3.8, 4) is 5.75 Å². The van der Waals surface area contributed by atoms with Gasteiger partial charge in [0.15, 0.2) is 0 Å². The zero-order valence-corrected chi connectivity index (χ0v) is 11.9. The number of hydrogen-bond donors (Lipinski definition) is 1. The summed E-state index contributed by atoms with van der Waals surface area (Å²) in [6, 6.07) is 4.92. The highest BCUT2D eigenvalue weighted by molar-refractivity contribution is 6.43. The maximum Gasteiger partial charge on any atom is 0.271 e. The molecule has 2 rings (SSSR count). The maximum atomic E-state index is 12.1. The van der Waals surface area contributed by atoms with E-state index in [9.17, 15) is 9.59 Å². The second-order valence-electron chi connectivity index (χ2n) is 4.26. The molecule has 1 aliphatic heterocycles. The second-order valence-corrected chi connectivity index (χ2v) is 4.70. The molecule has 7 heteroatoms. The molecule has 1 heterocycles. The van der Waals surface area contributed by atoms with Gasteiger partial charge < -0.3 is 10.1 Å². The van der Waals surface area contributed by atoms with Crippen LogP contribution in [-0.2, 0) is 9.59 Å². The third-order valence-corrected chi connectivity index (χ3v) is 3.11. The van der Waals surface area contributed by atoms with Crippen LogP contribution in [0, 0.1) is 0 Å². The number of nitrogens with zero attached hydrogens (tertiary/aromatic N) is 2. The van der Waals surface area contributed by atoms with Gasteiger partial charge in [0.05, 0.1) is 12.8 Å². The number of carbonyl (C=O) groups excluding carboxylic acids is 2.